The molecule has 5 rings (SSSR count). The van der Waals surface area contributed by atoms with Gasteiger partial charge in [-0.1, -0.05) is 48.5 Å². The molecule has 1 atom stereocenters. The second-order valence-corrected chi connectivity index (χ2v) is 9.22. The Morgan fingerprint density at radius 2 is 1.84 bits per heavy atom. The Hall–Kier alpha value is -4.09. The Morgan fingerprint density at radius 3 is 2.62 bits per heavy atom. The van der Waals surface area contributed by atoms with Gasteiger partial charge in [-0.25, -0.2) is 9.98 Å². The Morgan fingerprint density at radius 1 is 1.11 bits per heavy atom. The maximum Gasteiger partial charge on any atom is 0.290 e. The van der Waals surface area contributed by atoms with Crippen molar-refractivity contribution in [2.45, 2.75) is 6.17 Å². The van der Waals surface area contributed by atoms with Gasteiger partial charge in [0.25, 0.3) is 11.9 Å². The number of rotatable bonds is 4. The number of aromatic nitrogens is 1. The molecule has 188 valence electrons. The number of pyridine rings is 1. The molecule has 37 heavy (non-hydrogen) atoms. The number of carbonyl (C=O) groups is 1. The summed E-state index contributed by atoms with van der Waals surface area (Å²) in [5.41, 5.74) is 3.78. The molecule has 1 amide bonds. The Bertz CT molecular complexity index is 1370. The number of carbonyl (C=O) groups excluding carboxylic acids is 1. The molecule has 2 aromatic carbocycles. The van der Waals surface area contributed by atoms with E-state index in [0.29, 0.717) is 43.4 Å². The summed E-state index contributed by atoms with van der Waals surface area (Å²) in [6.07, 6.45) is 0.417. The molecule has 1 aromatic heterocycles. The predicted octanol–water partition coefficient (Wildman–Crippen LogP) is 3.36. The van der Waals surface area contributed by atoms with Crippen LogP contribution in [0.25, 0.3) is 0 Å². The lowest BCUT2D eigenvalue weighted by molar-refractivity contribution is -0.117. The van der Waals surface area contributed by atoms with Crippen LogP contribution < -0.4 is 15.5 Å². The van der Waals surface area contributed by atoms with Crippen LogP contribution >= 0.6 is 15.9 Å². The van der Waals surface area contributed by atoms with E-state index in [4.69, 9.17) is 20.3 Å². The number of benzodiazepines with no additional fused rings is 1. The summed E-state index contributed by atoms with van der Waals surface area (Å²) in [7, 11) is 0. The highest BCUT2D eigenvalue weighted by molar-refractivity contribution is 9.10. The molecule has 0 saturated carbocycles. The van der Waals surface area contributed by atoms with Crippen molar-refractivity contribution in [2.24, 2.45) is 4.99 Å². The minimum Gasteiger partial charge on any atom is -0.405 e. The molecule has 4 N–H and O–H groups in total. The van der Waals surface area contributed by atoms with Crippen LogP contribution in [0.5, 0.6) is 0 Å². The normalized spacial score (nSPS) is 17.1. The van der Waals surface area contributed by atoms with E-state index in [1.165, 1.54) is 0 Å². The summed E-state index contributed by atoms with van der Waals surface area (Å²) in [6.45, 7) is 2.43. The molecule has 2 aliphatic rings. The van der Waals surface area contributed by atoms with E-state index < -0.39 is 18.1 Å². The maximum atomic E-state index is 13.0. The first-order chi connectivity index (χ1) is 18.0. The van der Waals surface area contributed by atoms with Gasteiger partial charge in [0, 0.05) is 34.9 Å². The fourth-order valence-corrected chi connectivity index (χ4v) is 4.45. The molecule has 1 fully saturated rings. The summed E-state index contributed by atoms with van der Waals surface area (Å²) >= 11 is 3.43. The van der Waals surface area contributed by atoms with Crippen LogP contribution in [0.1, 0.15) is 16.8 Å². The third-order valence-electron chi connectivity index (χ3n) is 5.87. The number of nitrogens with one attached hydrogen (secondary N) is 4. The molecule has 0 spiro atoms. The van der Waals surface area contributed by atoms with Crippen molar-refractivity contribution in [3.63, 3.8) is 0 Å². The second-order valence-electron chi connectivity index (χ2n) is 8.31. The van der Waals surface area contributed by atoms with E-state index in [-0.39, 0.29) is 11.6 Å². The van der Waals surface area contributed by atoms with Gasteiger partial charge in [0.2, 0.25) is 12.1 Å². The van der Waals surface area contributed by atoms with Crippen LogP contribution in [-0.2, 0) is 14.3 Å². The van der Waals surface area contributed by atoms with Crippen molar-refractivity contribution >= 4 is 50.8 Å². The molecule has 0 aliphatic carbocycles. The number of anilines is 2. The number of para-hydroxylation sites is 1. The standard InChI is InChI=1S/C26H24BrN7O3/c27-17-14-20(34-10-12-36-13-11-34)22(30-15-17)23(28)37-26(29)33-24-25(35)31-19-9-5-4-8-18(19)21(32-24)16-6-2-1-3-7-16/h1-9,14-15,24,28H,10-13H2,(H2,29,33)(H,31,35). The fraction of sp³-hybridized carbons (Fsp3) is 0.192. The van der Waals surface area contributed by atoms with E-state index in [2.05, 4.69) is 41.4 Å². The summed E-state index contributed by atoms with van der Waals surface area (Å²) in [5, 5.41) is 22.4. The van der Waals surface area contributed by atoms with Gasteiger partial charge in [-0.05, 0) is 28.1 Å². The van der Waals surface area contributed by atoms with E-state index >= 15 is 0 Å². The first-order valence-electron chi connectivity index (χ1n) is 11.6. The average molecular weight is 562 g/mol. The minimum absolute atomic E-state index is 0.280. The number of ether oxygens (including phenoxy) is 2. The van der Waals surface area contributed by atoms with Crippen LogP contribution in [-0.4, -0.2) is 61.0 Å². The second kappa shape index (κ2) is 10.9. The molecule has 1 unspecified atom stereocenters. The number of benzene rings is 2. The number of nitrogens with zero attached hydrogens (tertiary/aromatic N) is 3. The van der Waals surface area contributed by atoms with Gasteiger partial charge in [0.15, 0.2) is 0 Å². The lowest BCUT2D eigenvalue weighted by atomic mass is 10.0. The van der Waals surface area contributed by atoms with Crippen LogP contribution in [0.3, 0.4) is 0 Å². The predicted molar refractivity (Wildman–Crippen MR) is 145 cm³/mol. The fourth-order valence-electron chi connectivity index (χ4n) is 4.13. The molecule has 0 radical (unpaired) electrons. The summed E-state index contributed by atoms with van der Waals surface area (Å²) in [6, 6.07) is 18.3. The molecule has 0 bridgehead atoms. The molecule has 3 aromatic rings. The van der Waals surface area contributed by atoms with Crippen molar-refractivity contribution in [1.29, 1.82) is 10.8 Å². The largest absolute Gasteiger partial charge is 0.405 e. The highest BCUT2D eigenvalue weighted by atomic mass is 79.9. The van der Waals surface area contributed by atoms with Crippen LogP contribution in [0.15, 0.2) is 76.3 Å². The van der Waals surface area contributed by atoms with Crippen LogP contribution in [0.2, 0.25) is 0 Å². The SMILES string of the molecule is N=C(NC1N=C(c2ccccc2)c2ccccc2NC1=O)OC(=N)c1ncc(Br)cc1N1CCOCC1. The van der Waals surface area contributed by atoms with E-state index in [1.54, 1.807) is 12.3 Å². The number of aliphatic imine (C=N–C) groups is 1. The number of hydrogen-bond donors (Lipinski definition) is 4. The van der Waals surface area contributed by atoms with Crippen LogP contribution in [0.4, 0.5) is 11.4 Å². The van der Waals surface area contributed by atoms with Gasteiger partial charge < -0.3 is 25.0 Å². The molecule has 10 nitrogen and oxygen atoms in total. The Kier molecular flexibility index (Phi) is 7.24. The molecule has 11 heteroatoms. The first kappa shape index (κ1) is 24.6. The zero-order valence-corrected chi connectivity index (χ0v) is 21.3. The van der Waals surface area contributed by atoms with E-state index in [0.717, 1.165) is 15.6 Å². The Labute approximate surface area is 221 Å². The molecular weight excluding hydrogens is 538 g/mol. The van der Waals surface area contributed by atoms with Crippen molar-refractivity contribution in [2.75, 3.05) is 36.5 Å². The maximum absolute atomic E-state index is 13.0. The monoisotopic (exact) mass is 561 g/mol. The quantitative estimate of drug-likeness (QED) is 0.285. The minimum atomic E-state index is -1.15. The molecule has 2 aliphatic heterocycles. The zero-order valence-electron chi connectivity index (χ0n) is 19.7. The number of fused-ring (bicyclic) bond motifs is 1. The van der Waals surface area contributed by atoms with E-state index in [1.807, 2.05) is 54.6 Å². The third-order valence-corrected chi connectivity index (χ3v) is 6.30. The number of amidine groups is 1. The van der Waals surface area contributed by atoms with Gasteiger partial charge >= 0.3 is 0 Å². The third kappa shape index (κ3) is 5.52. The average Bonchev–Trinajstić information content (AvgIpc) is 3.05. The number of morpholine rings is 1. The molecule has 3 heterocycles. The van der Waals surface area contributed by atoms with Crippen molar-refractivity contribution < 1.29 is 14.3 Å². The summed E-state index contributed by atoms with van der Waals surface area (Å²) in [4.78, 5) is 24.1. The topological polar surface area (TPSA) is 136 Å². The summed E-state index contributed by atoms with van der Waals surface area (Å²) in [5.74, 6) is -0.773. The zero-order chi connectivity index (χ0) is 25.8. The number of halogens is 1. The summed E-state index contributed by atoms with van der Waals surface area (Å²) < 4.78 is 11.7. The van der Waals surface area contributed by atoms with Crippen molar-refractivity contribution in [1.82, 2.24) is 10.3 Å². The van der Waals surface area contributed by atoms with Gasteiger partial charge in [-0.15, -0.1) is 0 Å². The Balaban J connectivity index is 1.37. The van der Waals surface area contributed by atoms with Crippen molar-refractivity contribution in [3.8, 4) is 0 Å². The van der Waals surface area contributed by atoms with E-state index in [9.17, 15) is 4.79 Å². The lowest BCUT2D eigenvalue weighted by Crippen LogP contribution is -2.43. The van der Waals surface area contributed by atoms with Crippen molar-refractivity contribution in [3.05, 3.63) is 88.2 Å². The highest BCUT2D eigenvalue weighted by Gasteiger charge is 2.28. The first-order valence-corrected chi connectivity index (χ1v) is 12.4. The smallest absolute Gasteiger partial charge is 0.290 e. The molecule has 1 saturated heterocycles. The lowest BCUT2D eigenvalue weighted by Gasteiger charge is -2.30. The number of amides is 1. The number of hydrogen-bond acceptors (Lipinski definition) is 8. The highest BCUT2D eigenvalue weighted by Crippen LogP contribution is 2.26. The van der Waals surface area contributed by atoms with Gasteiger partial charge in [-0.3, -0.25) is 15.6 Å². The van der Waals surface area contributed by atoms with Crippen LogP contribution in [0, 0.1) is 10.8 Å². The molecular formula is C26H24BrN7O3. The van der Waals surface area contributed by atoms with Gasteiger partial charge in [0.05, 0.1) is 30.3 Å². The van der Waals surface area contributed by atoms with Gasteiger partial charge in [-0.2, -0.15) is 0 Å². The van der Waals surface area contributed by atoms with Gasteiger partial charge in [0.1, 0.15) is 5.69 Å².